The highest BCUT2D eigenvalue weighted by atomic mass is 16.2. The standard InChI is InChI=1S/C29H25N9O2/c30-12-21-18(11-26(39)24-16-37-9-7-32-14-27(37)34-24)3-1-4-19(21)20-5-2-6-23(22(20)13-31)36-29(40)25-17-38-10-8-33-15-28(38)35-25/h1-6,16-17,32-33H,7-11,14-15H2,(H,36,40). The molecule has 0 bridgehead atoms. The van der Waals surface area contributed by atoms with Crippen LogP contribution in [0.3, 0.4) is 0 Å². The average molecular weight is 532 g/mol. The Kier molecular flexibility index (Phi) is 6.66. The number of aromatic nitrogens is 4. The van der Waals surface area contributed by atoms with E-state index in [1.54, 1.807) is 48.8 Å². The molecule has 4 aromatic rings. The van der Waals surface area contributed by atoms with Crippen molar-refractivity contribution >= 4 is 17.4 Å². The minimum atomic E-state index is -0.423. The number of ketones is 1. The molecule has 2 aromatic carbocycles. The monoisotopic (exact) mass is 531 g/mol. The van der Waals surface area contributed by atoms with Crippen LogP contribution in [-0.2, 0) is 32.6 Å². The van der Waals surface area contributed by atoms with Crippen LogP contribution < -0.4 is 16.0 Å². The van der Waals surface area contributed by atoms with E-state index in [-0.39, 0.29) is 23.5 Å². The van der Waals surface area contributed by atoms with Crippen molar-refractivity contribution in [2.24, 2.45) is 0 Å². The Balaban J connectivity index is 1.30. The lowest BCUT2D eigenvalue weighted by molar-refractivity contribution is 0.0986. The fourth-order valence-corrected chi connectivity index (χ4v) is 5.18. The lowest BCUT2D eigenvalue weighted by Gasteiger charge is -2.13. The van der Waals surface area contributed by atoms with E-state index in [1.807, 2.05) is 9.13 Å². The number of nitriles is 2. The number of amides is 1. The van der Waals surface area contributed by atoms with Gasteiger partial charge < -0.3 is 25.1 Å². The van der Waals surface area contributed by atoms with E-state index in [0.29, 0.717) is 46.7 Å². The molecule has 0 radical (unpaired) electrons. The third-order valence-corrected chi connectivity index (χ3v) is 7.19. The van der Waals surface area contributed by atoms with Crippen LogP contribution in [-0.4, -0.2) is 43.9 Å². The highest BCUT2D eigenvalue weighted by molar-refractivity contribution is 6.04. The summed E-state index contributed by atoms with van der Waals surface area (Å²) >= 11 is 0. The molecular formula is C29H25N9O2. The van der Waals surface area contributed by atoms with E-state index in [2.05, 4.69) is 38.1 Å². The first-order chi connectivity index (χ1) is 19.6. The minimum absolute atomic E-state index is 0.00121. The quantitative estimate of drug-likeness (QED) is 0.321. The van der Waals surface area contributed by atoms with E-state index < -0.39 is 5.91 Å². The fourth-order valence-electron chi connectivity index (χ4n) is 5.18. The number of rotatable bonds is 6. The van der Waals surface area contributed by atoms with Crippen molar-refractivity contribution in [2.45, 2.75) is 32.6 Å². The van der Waals surface area contributed by atoms with Gasteiger partial charge in [-0.05, 0) is 11.6 Å². The topological polar surface area (TPSA) is 153 Å². The Labute approximate surface area is 230 Å². The summed E-state index contributed by atoms with van der Waals surface area (Å²) in [6, 6.07) is 14.8. The highest BCUT2D eigenvalue weighted by Gasteiger charge is 2.22. The number of carbonyl (C=O) groups excluding carboxylic acids is 2. The van der Waals surface area contributed by atoms with Crippen molar-refractivity contribution in [1.82, 2.24) is 29.7 Å². The van der Waals surface area contributed by atoms with Crippen LogP contribution in [0.1, 0.15) is 49.3 Å². The van der Waals surface area contributed by atoms with Gasteiger partial charge >= 0.3 is 0 Å². The summed E-state index contributed by atoms with van der Waals surface area (Å²) in [5, 5.41) is 29.5. The average Bonchev–Trinajstić information content (AvgIpc) is 3.62. The maximum Gasteiger partial charge on any atom is 0.275 e. The number of nitrogens with one attached hydrogen (secondary N) is 3. The maximum absolute atomic E-state index is 13.1. The van der Waals surface area contributed by atoms with E-state index in [1.165, 1.54) is 0 Å². The van der Waals surface area contributed by atoms with Gasteiger partial charge in [0.05, 0.1) is 29.9 Å². The van der Waals surface area contributed by atoms with Crippen molar-refractivity contribution < 1.29 is 9.59 Å². The summed E-state index contributed by atoms with van der Waals surface area (Å²) in [4.78, 5) is 35.1. The van der Waals surface area contributed by atoms with Crippen molar-refractivity contribution in [3.8, 4) is 23.3 Å². The van der Waals surface area contributed by atoms with Crippen LogP contribution in [0.5, 0.6) is 0 Å². The Morgan fingerprint density at radius 3 is 2.10 bits per heavy atom. The predicted molar refractivity (Wildman–Crippen MR) is 145 cm³/mol. The minimum Gasteiger partial charge on any atom is -0.332 e. The van der Waals surface area contributed by atoms with E-state index in [9.17, 15) is 20.1 Å². The summed E-state index contributed by atoms with van der Waals surface area (Å²) < 4.78 is 3.91. The van der Waals surface area contributed by atoms with Crippen molar-refractivity contribution in [2.75, 3.05) is 18.4 Å². The summed E-state index contributed by atoms with van der Waals surface area (Å²) in [6.07, 6.45) is 3.48. The molecule has 0 aliphatic carbocycles. The molecule has 0 spiro atoms. The highest BCUT2D eigenvalue weighted by Crippen LogP contribution is 2.33. The van der Waals surface area contributed by atoms with Gasteiger partial charge in [0.2, 0.25) is 0 Å². The zero-order chi connectivity index (χ0) is 27.6. The van der Waals surface area contributed by atoms with E-state index >= 15 is 0 Å². The number of anilines is 1. The van der Waals surface area contributed by atoms with Gasteiger partial charge in [0.15, 0.2) is 5.78 Å². The van der Waals surface area contributed by atoms with E-state index in [4.69, 9.17) is 0 Å². The third kappa shape index (κ3) is 4.64. The van der Waals surface area contributed by atoms with Gasteiger partial charge in [0.25, 0.3) is 5.91 Å². The first kappa shape index (κ1) is 25.2. The molecule has 6 rings (SSSR count). The second kappa shape index (κ2) is 10.6. The number of hydrogen-bond acceptors (Lipinski definition) is 8. The van der Waals surface area contributed by atoms with Crippen molar-refractivity contribution in [3.63, 3.8) is 0 Å². The molecule has 4 heterocycles. The molecule has 2 aliphatic rings. The zero-order valence-electron chi connectivity index (χ0n) is 21.6. The first-order valence-electron chi connectivity index (χ1n) is 13.0. The van der Waals surface area contributed by atoms with Gasteiger partial charge in [-0.15, -0.1) is 0 Å². The summed E-state index contributed by atoms with van der Waals surface area (Å²) in [7, 11) is 0. The molecule has 198 valence electrons. The summed E-state index contributed by atoms with van der Waals surface area (Å²) in [5.41, 5.74) is 3.02. The first-order valence-corrected chi connectivity index (χ1v) is 13.0. The van der Waals surface area contributed by atoms with Crippen molar-refractivity contribution in [3.05, 3.63) is 88.5 Å². The molecule has 3 N–H and O–H groups in total. The lowest BCUT2D eigenvalue weighted by atomic mass is 9.90. The van der Waals surface area contributed by atoms with Crippen LogP contribution in [0.2, 0.25) is 0 Å². The maximum atomic E-state index is 13.1. The van der Waals surface area contributed by atoms with Crippen LogP contribution in [0.4, 0.5) is 5.69 Å². The zero-order valence-corrected chi connectivity index (χ0v) is 21.6. The normalized spacial score (nSPS) is 13.9. The summed E-state index contributed by atoms with van der Waals surface area (Å²) in [5.74, 6) is 0.986. The van der Waals surface area contributed by atoms with Gasteiger partial charge in [-0.1, -0.05) is 30.3 Å². The van der Waals surface area contributed by atoms with E-state index in [0.717, 1.165) is 37.8 Å². The smallest absolute Gasteiger partial charge is 0.275 e. The molecule has 0 fully saturated rings. The number of imidazole rings is 2. The van der Waals surface area contributed by atoms with Gasteiger partial charge in [-0.2, -0.15) is 10.5 Å². The molecule has 0 saturated carbocycles. The van der Waals surface area contributed by atoms with Crippen LogP contribution in [0.25, 0.3) is 11.1 Å². The Hall–Kier alpha value is -5.10. The number of Topliss-reactive ketones (excluding diaryl/α,β-unsaturated/α-hetero) is 1. The molecule has 2 aliphatic heterocycles. The van der Waals surface area contributed by atoms with Gasteiger partial charge in [-0.25, -0.2) is 9.97 Å². The number of fused-ring (bicyclic) bond motifs is 2. The van der Waals surface area contributed by atoms with Gasteiger partial charge in [0, 0.05) is 56.1 Å². The predicted octanol–water partition coefficient (Wildman–Crippen LogP) is 2.37. The largest absolute Gasteiger partial charge is 0.332 e. The van der Waals surface area contributed by atoms with Crippen LogP contribution >= 0.6 is 0 Å². The Morgan fingerprint density at radius 1 is 0.850 bits per heavy atom. The van der Waals surface area contributed by atoms with Crippen LogP contribution in [0.15, 0.2) is 48.8 Å². The number of hydrogen-bond donors (Lipinski definition) is 3. The molecule has 11 heteroatoms. The third-order valence-electron chi connectivity index (χ3n) is 7.19. The Morgan fingerprint density at radius 2 is 1.45 bits per heavy atom. The summed E-state index contributed by atoms with van der Waals surface area (Å²) in [6.45, 7) is 4.29. The van der Waals surface area contributed by atoms with Crippen LogP contribution in [0, 0.1) is 22.7 Å². The molecule has 11 nitrogen and oxygen atoms in total. The molecule has 0 atom stereocenters. The van der Waals surface area contributed by atoms with Gasteiger partial charge in [0.1, 0.15) is 35.2 Å². The van der Waals surface area contributed by atoms with Gasteiger partial charge in [-0.3, -0.25) is 9.59 Å². The lowest BCUT2D eigenvalue weighted by Crippen LogP contribution is -2.27. The second-order valence-electron chi connectivity index (χ2n) is 9.67. The molecule has 2 aromatic heterocycles. The molecule has 1 amide bonds. The molecular weight excluding hydrogens is 506 g/mol. The number of nitrogens with zero attached hydrogens (tertiary/aromatic N) is 6. The number of benzene rings is 2. The SMILES string of the molecule is N#Cc1c(CC(=O)c2cn3c(n2)CNCC3)cccc1-c1cccc(NC(=O)c2cn3c(n2)CNCC3)c1C#N. The molecule has 0 saturated heterocycles. The Bertz CT molecular complexity index is 1560. The van der Waals surface area contributed by atoms with Crippen molar-refractivity contribution in [1.29, 1.82) is 10.5 Å². The molecule has 0 unspecified atom stereocenters. The second-order valence-corrected chi connectivity index (χ2v) is 9.67. The molecule has 40 heavy (non-hydrogen) atoms. The fraction of sp³-hybridized carbons (Fsp3) is 0.241. The number of carbonyl (C=O) groups is 2.